The summed E-state index contributed by atoms with van der Waals surface area (Å²) >= 11 is 0. The number of anilines is 1. The van der Waals surface area contributed by atoms with E-state index in [4.69, 9.17) is 4.74 Å². The van der Waals surface area contributed by atoms with E-state index in [1.807, 2.05) is 23.1 Å². The molecular formula is C20H22N2O2. The number of amides is 1. The molecule has 0 aromatic heterocycles. The summed E-state index contributed by atoms with van der Waals surface area (Å²) in [6.45, 7) is 3.02. The van der Waals surface area contributed by atoms with Gasteiger partial charge in [-0.3, -0.25) is 9.69 Å². The molecule has 2 aromatic rings. The van der Waals surface area contributed by atoms with E-state index >= 15 is 0 Å². The number of fused-ring (bicyclic) bond motifs is 2. The Balaban J connectivity index is 1.46. The lowest BCUT2D eigenvalue weighted by Gasteiger charge is -2.30. The summed E-state index contributed by atoms with van der Waals surface area (Å²) in [4.78, 5) is 17.0. The van der Waals surface area contributed by atoms with Crippen LogP contribution in [0.2, 0.25) is 0 Å². The predicted octanol–water partition coefficient (Wildman–Crippen LogP) is 2.64. The Kier molecular flexibility index (Phi) is 3.98. The normalized spacial score (nSPS) is 16.6. The van der Waals surface area contributed by atoms with Crippen LogP contribution in [0.4, 0.5) is 5.69 Å². The first-order valence-corrected chi connectivity index (χ1v) is 8.51. The van der Waals surface area contributed by atoms with Gasteiger partial charge in [-0.1, -0.05) is 24.3 Å². The molecule has 2 aromatic carbocycles. The number of carbonyl (C=O) groups is 1. The molecule has 1 amide bonds. The van der Waals surface area contributed by atoms with Gasteiger partial charge in [0.1, 0.15) is 5.75 Å². The molecule has 0 spiro atoms. The van der Waals surface area contributed by atoms with Crippen LogP contribution in [0, 0.1) is 0 Å². The number of hydrogen-bond donors (Lipinski definition) is 0. The van der Waals surface area contributed by atoms with Gasteiger partial charge in [-0.2, -0.15) is 0 Å². The minimum absolute atomic E-state index is 0.200. The van der Waals surface area contributed by atoms with Crippen molar-refractivity contribution < 1.29 is 9.53 Å². The molecule has 0 radical (unpaired) electrons. The minimum atomic E-state index is 0.200. The first kappa shape index (κ1) is 15.2. The highest BCUT2D eigenvalue weighted by Crippen LogP contribution is 2.28. The third kappa shape index (κ3) is 2.78. The van der Waals surface area contributed by atoms with Gasteiger partial charge in [0, 0.05) is 25.3 Å². The van der Waals surface area contributed by atoms with E-state index in [0.717, 1.165) is 43.9 Å². The van der Waals surface area contributed by atoms with Crippen molar-refractivity contribution in [3.8, 4) is 5.75 Å². The highest BCUT2D eigenvalue weighted by atomic mass is 16.5. The minimum Gasteiger partial charge on any atom is -0.497 e. The summed E-state index contributed by atoms with van der Waals surface area (Å²) < 4.78 is 5.32. The summed E-state index contributed by atoms with van der Waals surface area (Å²) in [7, 11) is 1.69. The molecule has 124 valence electrons. The van der Waals surface area contributed by atoms with Crippen molar-refractivity contribution in [2.45, 2.75) is 19.4 Å². The van der Waals surface area contributed by atoms with Gasteiger partial charge in [-0.25, -0.2) is 0 Å². The van der Waals surface area contributed by atoms with Crippen molar-refractivity contribution >= 4 is 11.6 Å². The zero-order valence-corrected chi connectivity index (χ0v) is 14.0. The van der Waals surface area contributed by atoms with Crippen molar-refractivity contribution in [2.24, 2.45) is 0 Å². The van der Waals surface area contributed by atoms with Crippen molar-refractivity contribution in [1.29, 1.82) is 0 Å². The molecule has 4 rings (SSSR count). The van der Waals surface area contributed by atoms with Crippen LogP contribution < -0.4 is 9.64 Å². The van der Waals surface area contributed by atoms with E-state index in [1.165, 1.54) is 16.7 Å². The monoisotopic (exact) mass is 322 g/mol. The first-order chi connectivity index (χ1) is 11.7. The molecule has 0 atom stereocenters. The fourth-order valence-corrected chi connectivity index (χ4v) is 3.73. The third-order valence-corrected chi connectivity index (χ3v) is 5.05. The second kappa shape index (κ2) is 6.29. The highest BCUT2D eigenvalue weighted by molar-refractivity contribution is 5.96. The Labute approximate surface area is 142 Å². The highest BCUT2D eigenvalue weighted by Gasteiger charge is 2.26. The average molecular weight is 322 g/mol. The molecule has 0 bridgehead atoms. The lowest BCUT2D eigenvalue weighted by molar-refractivity contribution is -0.119. The van der Waals surface area contributed by atoms with Crippen LogP contribution >= 0.6 is 0 Å². The summed E-state index contributed by atoms with van der Waals surface area (Å²) in [6.07, 6.45) is 1.95. The van der Waals surface area contributed by atoms with Gasteiger partial charge >= 0.3 is 0 Å². The zero-order chi connectivity index (χ0) is 16.5. The third-order valence-electron chi connectivity index (χ3n) is 5.05. The molecule has 2 aliphatic rings. The lowest BCUT2D eigenvalue weighted by atomic mass is 9.99. The quantitative estimate of drug-likeness (QED) is 0.871. The molecule has 2 aliphatic heterocycles. The van der Waals surface area contributed by atoms with Crippen molar-refractivity contribution in [3.63, 3.8) is 0 Å². The van der Waals surface area contributed by atoms with Gasteiger partial charge < -0.3 is 9.64 Å². The summed E-state index contributed by atoms with van der Waals surface area (Å²) in [5.41, 5.74) is 5.00. The fraction of sp³-hybridized carbons (Fsp3) is 0.350. The number of rotatable bonds is 3. The molecule has 0 aliphatic carbocycles. The predicted molar refractivity (Wildman–Crippen MR) is 94.5 cm³/mol. The smallest absolute Gasteiger partial charge is 0.241 e. The molecule has 24 heavy (non-hydrogen) atoms. The fourth-order valence-electron chi connectivity index (χ4n) is 3.73. The molecule has 2 heterocycles. The topological polar surface area (TPSA) is 32.8 Å². The Morgan fingerprint density at radius 3 is 2.75 bits per heavy atom. The van der Waals surface area contributed by atoms with Crippen LogP contribution in [0.3, 0.4) is 0 Å². The maximum atomic E-state index is 12.8. The summed E-state index contributed by atoms with van der Waals surface area (Å²) in [6, 6.07) is 14.5. The molecule has 0 N–H and O–H groups in total. The van der Waals surface area contributed by atoms with E-state index in [2.05, 4.69) is 29.2 Å². The van der Waals surface area contributed by atoms with Crippen molar-refractivity contribution in [2.75, 3.05) is 31.6 Å². The van der Waals surface area contributed by atoms with Crippen LogP contribution in [0.1, 0.15) is 16.7 Å². The number of hydrogen-bond acceptors (Lipinski definition) is 3. The van der Waals surface area contributed by atoms with Gasteiger partial charge in [-0.05, 0) is 47.7 Å². The molecule has 4 nitrogen and oxygen atoms in total. The van der Waals surface area contributed by atoms with Gasteiger partial charge in [0.2, 0.25) is 5.91 Å². The van der Waals surface area contributed by atoms with Crippen molar-refractivity contribution in [1.82, 2.24) is 4.90 Å². The van der Waals surface area contributed by atoms with E-state index in [0.29, 0.717) is 6.54 Å². The molecule has 0 unspecified atom stereocenters. The maximum absolute atomic E-state index is 12.8. The molecule has 0 fully saturated rings. The molecular weight excluding hydrogens is 300 g/mol. The number of carbonyl (C=O) groups excluding carboxylic acids is 1. The average Bonchev–Trinajstić information content (AvgIpc) is 3.05. The van der Waals surface area contributed by atoms with Gasteiger partial charge in [-0.15, -0.1) is 0 Å². The number of para-hydroxylation sites is 1. The second-order valence-electron chi connectivity index (χ2n) is 6.52. The van der Waals surface area contributed by atoms with Crippen LogP contribution in [0.15, 0.2) is 42.5 Å². The number of ether oxygens (including phenoxy) is 1. The Morgan fingerprint density at radius 1 is 1.04 bits per heavy atom. The number of nitrogens with zero attached hydrogens (tertiary/aromatic N) is 2. The molecule has 4 heteroatoms. The SMILES string of the molecule is COc1ccc2c(c1)CN(CC(=O)N1CCc3ccccc31)CC2. The maximum Gasteiger partial charge on any atom is 0.241 e. The van der Waals surface area contributed by atoms with Crippen LogP contribution in [0.25, 0.3) is 0 Å². The standard InChI is InChI=1S/C20H22N2O2/c1-24-18-7-6-15-8-10-21(13-17(15)12-18)14-20(23)22-11-9-16-4-2-3-5-19(16)22/h2-7,12H,8-11,13-14H2,1H3. The number of benzene rings is 2. The van der Waals surface area contributed by atoms with Crippen LogP contribution in [0.5, 0.6) is 5.75 Å². The number of methoxy groups -OCH3 is 1. The van der Waals surface area contributed by atoms with E-state index < -0.39 is 0 Å². The lowest BCUT2D eigenvalue weighted by Crippen LogP contribution is -2.41. The van der Waals surface area contributed by atoms with Crippen LogP contribution in [-0.2, 0) is 24.2 Å². The molecule has 0 saturated carbocycles. The van der Waals surface area contributed by atoms with E-state index in [9.17, 15) is 4.79 Å². The summed E-state index contributed by atoms with van der Waals surface area (Å²) in [5, 5.41) is 0. The second-order valence-corrected chi connectivity index (χ2v) is 6.52. The van der Waals surface area contributed by atoms with Gasteiger partial charge in [0.05, 0.1) is 13.7 Å². The molecule has 0 saturated heterocycles. The van der Waals surface area contributed by atoms with E-state index in [1.54, 1.807) is 7.11 Å². The van der Waals surface area contributed by atoms with E-state index in [-0.39, 0.29) is 5.91 Å². The van der Waals surface area contributed by atoms with Crippen LogP contribution in [-0.4, -0.2) is 37.6 Å². The van der Waals surface area contributed by atoms with Gasteiger partial charge in [0.15, 0.2) is 0 Å². The first-order valence-electron chi connectivity index (χ1n) is 8.51. The largest absolute Gasteiger partial charge is 0.497 e. The van der Waals surface area contributed by atoms with Crippen molar-refractivity contribution in [3.05, 3.63) is 59.2 Å². The summed E-state index contributed by atoms with van der Waals surface area (Å²) in [5.74, 6) is 1.08. The zero-order valence-electron chi connectivity index (χ0n) is 14.0. The Morgan fingerprint density at radius 2 is 1.88 bits per heavy atom. The van der Waals surface area contributed by atoms with Gasteiger partial charge in [0.25, 0.3) is 0 Å². The Hall–Kier alpha value is -2.33. The Bertz CT molecular complexity index is 772.